The molecule has 0 radical (unpaired) electrons. The Balaban J connectivity index is 0.000000276. The van der Waals surface area contributed by atoms with Crippen molar-refractivity contribution < 1.29 is 64.9 Å². The Labute approximate surface area is 230 Å². The van der Waals surface area contributed by atoms with Gasteiger partial charge in [0.15, 0.2) is 0 Å². The third kappa shape index (κ3) is 9.58. The normalized spacial score (nSPS) is 22.7. The summed E-state index contributed by atoms with van der Waals surface area (Å²) in [7, 11) is 0. The van der Waals surface area contributed by atoms with Gasteiger partial charge in [0.05, 0.1) is 26.3 Å². The number of carboxylic acid groups (broad SMARTS) is 2. The fraction of sp³-hybridized carbons (Fsp3) is 0.708. The van der Waals surface area contributed by atoms with Gasteiger partial charge in [-0.25, -0.2) is 14.7 Å². The lowest BCUT2D eigenvalue weighted by Gasteiger charge is -2.55. The van der Waals surface area contributed by atoms with Gasteiger partial charge in [0, 0.05) is 26.2 Å². The Hall–Kier alpha value is -2.89. The predicted octanol–water partition coefficient (Wildman–Crippen LogP) is 2.68. The van der Waals surface area contributed by atoms with Crippen molar-refractivity contribution in [2.75, 3.05) is 45.9 Å². The molecule has 1 aromatic heterocycles. The molecule has 17 heteroatoms. The molecule has 4 aliphatic rings. The molecule has 3 saturated heterocycles. The van der Waals surface area contributed by atoms with Crippen LogP contribution in [0, 0.1) is 12.8 Å². The van der Waals surface area contributed by atoms with Gasteiger partial charge in [-0.05, 0) is 44.2 Å². The highest BCUT2D eigenvalue weighted by Crippen LogP contribution is 2.36. The molecule has 1 aliphatic carbocycles. The molecular weight excluding hydrogens is 572 g/mol. The first-order valence-electron chi connectivity index (χ1n) is 12.7. The minimum Gasteiger partial charge on any atom is -0.475 e. The maximum absolute atomic E-state index is 12.9. The Morgan fingerprint density at radius 2 is 1.59 bits per heavy atom. The van der Waals surface area contributed by atoms with Crippen LogP contribution in [0.5, 0.6) is 0 Å². The number of aryl methyl sites for hydroxylation is 1. The number of aliphatic carboxylic acids is 2. The van der Waals surface area contributed by atoms with Crippen LogP contribution in [0.1, 0.15) is 30.8 Å². The molecule has 4 fully saturated rings. The fourth-order valence-corrected chi connectivity index (χ4v) is 4.59. The van der Waals surface area contributed by atoms with Crippen molar-refractivity contribution in [1.82, 2.24) is 14.9 Å². The monoisotopic (exact) mass is 603 g/mol. The maximum atomic E-state index is 12.9. The number of carboxylic acids is 2. The van der Waals surface area contributed by atoms with E-state index in [0.717, 1.165) is 56.6 Å². The van der Waals surface area contributed by atoms with Gasteiger partial charge in [-0.1, -0.05) is 0 Å². The molecule has 232 valence electrons. The van der Waals surface area contributed by atoms with E-state index in [4.69, 9.17) is 33.8 Å². The van der Waals surface area contributed by atoms with Gasteiger partial charge in [0.2, 0.25) is 0 Å². The zero-order valence-corrected chi connectivity index (χ0v) is 22.0. The molecule has 0 bridgehead atoms. The second-order valence-corrected chi connectivity index (χ2v) is 10.3. The summed E-state index contributed by atoms with van der Waals surface area (Å²) in [6, 6.07) is 3.86. The Morgan fingerprint density at radius 3 is 2.02 bits per heavy atom. The largest absolute Gasteiger partial charge is 0.490 e. The first-order chi connectivity index (χ1) is 19.0. The summed E-state index contributed by atoms with van der Waals surface area (Å²) in [6.07, 6.45) is -6.67. The van der Waals surface area contributed by atoms with Crippen molar-refractivity contribution >= 4 is 17.8 Å². The summed E-state index contributed by atoms with van der Waals surface area (Å²) in [5.74, 6) is -2.73. The lowest BCUT2D eigenvalue weighted by molar-refractivity contribution is -0.216. The highest BCUT2D eigenvalue weighted by Gasteiger charge is 2.52. The highest BCUT2D eigenvalue weighted by atomic mass is 19.4. The molecule has 11 nitrogen and oxygen atoms in total. The number of hydrogen-bond acceptors (Lipinski definition) is 8. The summed E-state index contributed by atoms with van der Waals surface area (Å²) in [4.78, 5) is 40.9. The molecule has 0 aromatic carbocycles. The number of carbonyl (C=O) groups excluding carboxylic acids is 1. The van der Waals surface area contributed by atoms with Crippen LogP contribution in [0.15, 0.2) is 16.5 Å². The number of morpholine rings is 1. The Morgan fingerprint density at radius 1 is 1.00 bits per heavy atom. The number of ether oxygens (including phenoxy) is 1. The number of amides is 1. The van der Waals surface area contributed by atoms with Crippen LogP contribution in [0.25, 0.3) is 0 Å². The molecule has 1 atom stereocenters. The first-order valence-corrected chi connectivity index (χ1v) is 12.7. The van der Waals surface area contributed by atoms with Crippen LogP contribution in [-0.2, 0) is 30.5 Å². The Bertz CT molecular complexity index is 1040. The average molecular weight is 604 g/mol. The molecule has 1 aromatic rings. The van der Waals surface area contributed by atoms with Crippen LogP contribution >= 0.6 is 0 Å². The zero-order valence-electron chi connectivity index (χ0n) is 22.0. The number of hydroxylamine groups is 2. The van der Waals surface area contributed by atoms with Gasteiger partial charge in [-0.3, -0.25) is 19.4 Å². The molecule has 1 spiro atoms. The molecule has 5 rings (SSSR count). The van der Waals surface area contributed by atoms with Crippen LogP contribution in [0.4, 0.5) is 26.3 Å². The third-order valence-corrected chi connectivity index (χ3v) is 6.64. The topological polar surface area (TPSA) is 133 Å². The van der Waals surface area contributed by atoms with Gasteiger partial charge in [-0.15, -0.1) is 0 Å². The molecule has 41 heavy (non-hydrogen) atoms. The summed E-state index contributed by atoms with van der Waals surface area (Å²) in [5.41, 5.74) is -0.140. The lowest BCUT2D eigenvalue weighted by Crippen LogP contribution is -2.72. The SMILES string of the molecule is Cc1ccc(CN2CC3(C2)CN(CC2CC2)C(C(=O)N2CCCO2)CO3)o1.O=C(O)C(F)(F)F.O=C(O)C(F)(F)F. The van der Waals surface area contributed by atoms with E-state index in [-0.39, 0.29) is 17.6 Å². The number of alkyl halides is 6. The number of rotatable bonds is 5. The molecule has 2 N–H and O–H groups in total. The summed E-state index contributed by atoms with van der Waals surface area (Å²) in [5, 5.41) is 15.8. The Kier molecular flexibility index (Phi) is 10.3. The van der Waals surface area contributed by atoms with E-state index >= 15 is 0 Å². The molecule has 4 heterocycles. The van der Waals surface area contributed by atoms with E-state index in [1.807, 2.05) is 19.1 Å². The van der Waals surface area contributed by atoms with Crippen molar-refractivity contribution in [2.24, 2.45) is 5.92 Å². The first kappa shape index (κ1) is 32.6. The second kappa shape index (κ2) is 13.0. The van der Waals surface area contributed by atoms with Crippen molar-refractivity contribution in [3.05, 3.63) is 23.7 Å². The van der Waals surface area contributed by atoms with Gasteiger partial charge >= 0.3 is 24.3 Å². The van der Waals surface area contributed by atoms with E-state index in [9.17, 15) is 31.1 Å². The quantitative estimate of drug-likeness (QED) is 0.484. The highest BCUT2D eigenvalue weighted by molar-refractivity contribution is 5.81. The number of furan rings is 1. The number of hydrogen-bond donors (Lipinski definition) is 2. The van der Waals surface area contributed by atoms with Gasteiger partial charge < -0.3 is 19.4 Å². The van der Waals surface area contributed by atoms with Crippen LogP contribution in [-0.4, -0.2) is 113 Å². The van der Waals surface area contributed by atoms with Crippen molar-refractivity contribution in [3.8, 4) is 0 Å². The molecule has 1 amide bonds. The van der Waals surface area contributed by atoms with Crippen molar-refractivity contribution in [3.63, 3.8) is 0 Å². The smallest absolute Gasteiger partial charge is 0.475 e. The number of carbonyl (C=O) groups is 3. The van der Waals surface area contributed by atoms with Gasteiger partial charge in [0.25, 0.3) is 5.91 Å². The minimum absolute atomic E-state index is 0.0743. The number of halogens is 6. The van der Waals surface area contributed by atoms with E-state index < -0.39 is 24.3 Å². The zero-order chi connectivity index (χ0) is 30.6. The minimum atomic E-state index is -5.08. The second-order valence-electron chi connectivity index (χ2n) is 10.3. The van der Waals surface area contributed by atoms with E-state index in [2.05, 4.69) is 9.80 Å². The van der Waals surface area contributed by atoms with E-state index in [0.29, 0.717) is 19.8 Å². The predicted molar refractivity (Wildman–Crippen MR) is 125 cm³/mol. The fourth-order valence-electron chi connectivity index (χ4n) is 4.59. The third-order valence-electron chi connectivity index (χ3n) is 6.64. The van der Waals surface area contributed by atoms with Crippen molar-refractivity contribution in [2.45, 2.75) is 56.7 Å². The van der Waals surface area contributed by atoms with Crippen molar-refractivity contribution in [1.29, 1.82) is 0 Å². The summed E-state index contributed by atoms with van der Waals surface area (Å²) < 4.78 is 75.5. The van der Waals surface area contributed by atoms with Gasteiger partial charge in [0.1, 0.15) is 23.2 Å². The molecule has 1 saturated carbocycles. The van der Waals surface area contributed by atoms with E-state index in [1.54, 1.807) is 5.06 Å². The number of likely N-dealkylation sites (tertiary alicyclic amines) is 1. The van der Waals surface area contributed by atoms with Crippen LogP contribution < -0.4 is 0 Å². The summed E-state index contributed by atoms with van der Waals surface area (Å²) in [6.45, 7) is 8.26. The molecular formula is C24H31F6N3O8. The van der Waals surface area contributed by atoms with Crippen LogP contribution in [0.2, 0.25) is 0 Å². The molecule has 1 unspecified atom stereocenters. The summed E-state index contributed by atoms with van der Waals surface area (Å²) >= 11 is 0. The standard InChI is InChI=1S/C20H29N3O4.2C2HF3O2/c1-15-3-6-17(27-15)10-21-12-20(13-21)14-22(9-16-4-5-16)18(11-25-20)19(24)23-7-2-8-26-23;2*3-2(4,5)1(6)7/h3,6,16,18H,2,4-5,7-14H2,1H3;2*(H,6,7). The lowest BCUT2D eigenvalue weighted by atomic mass is 9.90. The van der Waals surface area contributed by atoms with Gasteiger partial charge in [-0.2, -0.15) is 26.3 Å². The van der Waals surface area contributed by atoms with E-state index in [1.165, 1.54) is 12.8 Å². The maximum Gasteiger partial charge on any atom is 0.490 e. The average Bonchev–Trinajstić information content (AvgIpc) is 3.31. The number of nitrogens with zero attached hydrogens (tertiary/aromatic N) is 3. The molecule has 3 aliphatic heterocycles. The van der Waals surface area contributed by atoms with Crippen LogP contribution in [0.3, 0.4) is 0 Å².